The standard InChI is InChI=1S/C19H12N8S/c1-2-15(28-5-1)11-3-4-20-18-16(11)24-19(25-18)17-12-6-13(10-7-22-23-8-10)21-9-14(12)26-27-17/h1-9H,(H,22,23)(H,26,27)(H,20,24,25). The second kappa shape index (κ2) is 5.83. The van der Waals surface area contributed by atoms with Gasteiger partial charge in [0.1, 0.15) is 5.69 Å². The van der Waals surface area contributed by atoms with E-state index in [2.05, 4.69) is 51.8 Å². The molecule has 9 heteroatoms. The van der Waals surface area contributed by atoms with Crippen LogP contribution in [-0.4, -0.2) is 40.3 Å². The van der Waals surface area contributed by atoms with Crippen molar-refractivity contribution in [3.8, 4) is 33.2 Å². The topological polar surface area (TPSA) is 112 Å². The number of hydrogen-bond acceptors (Lipinski definition) is 6. The van der Waals surface area contributed by atoms with Gasteiger partial charge < -0.3 is 4.98 Å². The summed E-state index contributed by atoms with van der Waals surface area (Å²) in [5.74, 6) is 0.669. The zero-order chi connectivity index (χ0) is 18.5. The first-order valence-electron chi connectivity index (χ1n) is 8.59. The second-order valence-electron chi connectivity index (χ2n) is 6.29. The van der Waals surface area contributed by atoms with Gasteiger partial charge in [-0.2, -0.15) is 10.2 Å². The monoisotopic (exact) mass is 384 g/mol. The molecule has 0 bridgehead atoms. The van der Waals surface area contributed by atoms with Gasteiger partial charge in [0.2, 0.25) is 0 Å². The lowest BCUT2D eigenvalue weighted by Gasteiger charge is -1.98. The molecule has 0 atom stereocenters. The van der Waals surface area contributed by atoms with Crippen LogP contribution in [0.3, 0.4) is 0 Å². The Morgan fingerprint density at radius 1 is 1.07 bits per heavy atom. The van der Waals surface area contributed by atoms with Crippen LogP contribution in [0.1, 0.15) is 0 Å². The second-order valence-corrected chi connectivity index (χ2v) is 7.24. The van der Waals surface area contributed by atoms with Crippen molar-refractivity contribution in [2.45, 2.75) is 0 Å². The van der Waals surface area contributed by atoms with Gasteiger partial charge in [0.25, 0.3) is 0 Å². The van der Waals surface area contributed by atoms with Crippen molar-refractivity contribution in [3.63, 3.8) is 0 Å². The predicted molar refractivity (Wildman–Crippen MR) is 108 cm³/mol. The Labute approximate surface area is 161 Å². The van der Waals surface area contributed by atoms with Gasteiger partial charge in [0, 0.05) is 33.8 Å². The first kappa shape index (κ1) is 15.2. The highest BCUT2D eigenvalue weighted by atomic mass is 32.1. The Hall–Kier alpha value is -3.85. The molecule has 134 valence electrons. The number of rotatable bonds is 3. The smallest absolute Gasteiger partial charge is 0.178 e. The maximum Gasteiger partial charge on any atom is 0.178 e. The number of hydrogen-bond donors (Lipinski definition) is 3. The lowest BCUT2D eigenvalue weighted by molar-refractivity contribution is 1.09. The van der Waals surface area contributed by atoms with E-state index in [1.807, 2.05) is 24.4 Å². The third kappa shape index (κ3) is 2.26. The van der Waals surface area contributed by atoms with Crippen LogP contribution in [-0.2, 0) is 0 Å². The van der Waals surface area contributed by atoms with Crippen molar-refractivity contribution in [1.29, 1.82) is 0 Å². The number of imidazole rings is 1. The van der Waals surface area contributed by atoms with E-state index in [4.69, 9.17) is 0 Å². The molecule has 6 aromatic rings. The molecule has 0 saturated carbocycles. The van der Waals surface area contributed by atoms with Crippen molar-refractivity contribution in [3.05, 3.63) is 54.4 Å². The Kier molecular flexibility index (Phi) is 3.17. The fourth-order valence-electron chi connectivity index (χ4n) is 3.31. The van der Waals surface area contributed by atoms with Gasteiger partial charge in [0.15, 0.2) is 11.5 Å². The van der Waals surface area contributed by atoms with Crippen molar-refractivity contribution < 1.29 is 0 Å². The molecule has 0 aliphatic heterocycles. The van der Waals surface area contributed by atoms with E-state index in [0.717, 1.165) is 38.9 Å². The maximum absolute atomic E-state index is 4.68. The van der Waals surface area contributed by atoms with E-state index in [1.165, 1.54) is 4.88 Å². The van der Waals surface area contributed by atoms with Crippen LogP contribution in [0.5, 0.6) is 0 Å². The average Bonchev–Trinajstić information content (AvgIpc) is 3.53. The molecule has 0 aromatic carbocycles. The first-order chi connectivity index (χ1) is 13.9. The molecule has 0 aliphatic rings. The zero-order valence-electron chi connectivity index (χ0n) is 14.3. The highest BCUT2D eigenvalue weighted by Crippen LogP contribution is 2.33. The first-order valence-corrected chi connectivity index (χ1v) is 9.47. The maximum atomic E-state index is 4.68. The molecular weight excluding hydrogens is 372 g/mol. The summed E-state index contributed by atoms with van der Waals surface area (Å²) in [5, 5.41) is 17.3. The van der Waals surface area contributed by atoms with Gasteiger partial charge in [-0.05, 0) is 23.6 Å². The molecule has 28 heavy (non-hydrogen) atoms. The van der Waals surface area contributed by atoms with Crippen molar-refractivity contribution in [2.75, 3.05) is 0 Å². The van der Waals surface area contributed by atoms with E-state index in [-0.39, 0.29) is 0 Å². The van der Waals surface area contributed by atoms with Crippen molar-refractivity contribution in [1.82, 2.24) is 40.3 Å². The van der Waals surface area contributed by atoms with Gasteiger partial charge in [-0.25, -0.2) is 9.97 Å². The molecule has 0 fully saturated rings. The summed E-state index contributed by atoms with van der Waals surface area (Å²) in [4.78, 5) is 18.2. The van der Waals surface area contributed by atoms with E-state index >= 15 is 0 Å². The summed E-state index contributed by atoms with van der Waals surface area (Å²) in [7, 11) is 0. The van der Waals surface area contributed by atoms with Crippen LogP contribution in [0, 0.1) is 0 Å². The van der Waals surface area contributed by atoms with E-state index in [0.29, 0.717) is 11.5 Å². The molecule has 0 amide bonds. The molecule has 0 aliphatic carbocycles. The minimum absolute atomic E-state index is 0.668. The third-order valence-electron chi connectivity index (χ3n) is 4.64. The van der Waals surface area contributed by atoms with Crippen molar-refractivity contribution in [2.24, 2.45) is 0 Å². The highest BCUT2D eigenvalue weighted by Gasteiger charge is 2.17. The van der Waals surface area contributed by atoms with Gasteiger partial charge in [-0.1, -0.05) is 6.07 Å². The summed E-state index contributed by atoms with van der Waals surface area (Å²) < 4.78 is 0. The third-order valence-corrected chi connectivity index (χ3v) is 5.55. The van der Waals surface area contributed by atoms with Crippen LogP contribution in [0.4, 0.5) is 0 Å². The molecule has 0 spiro atoms. The van der Waals surface area contributed by atoms with Gasteiger partial charge >= 0.3 is 0 Å². The van der Waals surface area contributed by atoms with Gasteiger partial charge in [-0.15, -0.1) is 11.3 Å². The van der Waals surface area contributed by atoms with Crippen LogP contribution in [0.2, 0.25) is 0 Å². The van der Waals surface area contributed by atoms with Crippen LogP contribution >= 0.6 is 11.3 Å². The summed E-state index contributed by atoms with van der Waals surface area (Å²) in [6.45, 7) is 0. The fraction of sp³-hybridized carbons (Fsp3) is 0. The summed E-state index contributed by atoms with van der Waals surface area (Å²) in [6, 6.07) is 8.11. The fourth-order valence-corrected chi connectivity index (χ4v) is 4.06. The number of nitrogens with zero attached hydrogens (tertiary/aromatic N) is 5. The molecular formula is C19H12N8S. The minimum atomic E-state index is 0.668. The molecule has 6 aromatic heterocycles. The highest BCUT2D eigenvalue weighted by molar-refractivity contribution is 7.13. The summed E-state index contributed by atoms with van der Waals surface area (Å²) in [5.41, 5.74) is 5.96. The SMILES string of the molecule is c1csc(-c2ccnc3nc(-c4n[nH]c5cnc(-c6cn[nH]c6)cc45)[nH]c23)c1. The molecule has 0 radical (unpaired) electrons. The Balaban J connectivity index is 1.55. The molecule has 3 N–H and O–H groups in total. The van der Waals surface area contributed by atoms with Crippen molar-refractivity contribution >= 4 is 33.4 Å². The van der Waals surface area contributed by atoms with E-state index in [9.17, 15) is 0 Å². The number of H-pyrrole nitrogens is 3. The van der Waals surface area contributed by atoms with E-state index in [1.54, 1.807) is 29.9 Å². The largest absolute Gasteiger partial charge is 0.335 e. The Morgan fingerprint density at radius 3 is 2.93 bits per heavy atom. The number of pyridine rings is 2. The molecule has 6 heterocycles. The van der Waals surface area contributed by atoms with E-state index < -0.39 is 0 Å². The predicted octanol–water partition coefficient (Wildman–Crippen LogP) is 4.01. The lowest BCUT2D eigenvalue weighted by Crippen LogP contribution is -1.84. The number of fused-ring (bicyclic) bond motifs is 2. The van der Waals surface area contributed by atoms with Crippen LogP contribution in [0.25, 0.3) is 55.3 Å². The zero-order valence-corrected chi connectivity index (χ0v) is 15.2. The lowest BCUT2D eigenvalue weighted by atomic mass is 10.1. The summed E-state index contributed by atoms with van der Waals surface area (Å²) >= 11 is 1.69. The molecule has 6 rings (SSSR count). The van der Waals surface area contributed by atoms with Gasteiger partial charge in [0.05, 0.1) is 29.1 Å². The minimum Gasteiger partial charge on any atom is -0.335 e. The average molecular weight is 384 g/mol. The van der Waals surface area contributed by atoms with Crippen LogP contribution < -0.4 is 0 Å². The quantitative estimate of drug-likeness (QED) is 0.427. The number of thiophene rings is 1. The molecule has 0 saturated heterocycles. The molecule has 0 unspecified atom stereocenters. The van der Waals surface area contributed by atoms with Gasteiger partial charge in [-0.3, -0.25) is 15.2 Å². The summed E-state index contributed by atoms with van der Waals surface area (Å²) in [6.07, 6.45) is 7.11. The number of nitrogens with one attached hydrogen (secondary N) is 3. The Morgan fingerprint density at radius 2 is 2.07 bits per heavy atom. The van der Waals surface area contributed by atoms with Crippen LogP contribution in [0.15, 0.2) is 54.4 Å². The number of aromatic nitrogens is 8. The number of aromatic amines is 3. The normalized spacial score (nSPS) is 11.6. The molecule has 8 nitrogen and oxygen atoms in total. The Bertz CT molecular complexity index is 1410.